The number of aromatic nitrogens is 1. The van der Waals surface area contributed by atoms with Crippen LogP contribution in [0.5, 0.6) is 0 Å². The second kappa shape index (κ2) is 4.87. The van der Waals surface area contributed by atoms with Crippen LogP contribution in [0.3, 0.4) is 0 Å². The predicted octanol–water partition coefficient (Wildman–Crippen LogP) is 2.74. The molecule has 88 valence electrons. The van der Waals surface area contributed by atoms with Gasteiger partial charge in [-0.15, -0.1) is 0 Å². The molecule has 2 aromatic rings. The van der Waals surface area contributed by atoms with Gasteiger partial charge in [0.15, 0.2) is 0 Å². The number of rotatable bonds is 3. The van der Waals surface area contributed by atoms with E-state index in [1.54, 1.807) is 0 Å². The summed E-state index contributed by atoms with van der Waals surface area (Å²) in [5.41, 5.74) is 3.17. The molecule has 0 saturated carbocycles. The van der Waals surface area contributed by atoms with Crippen molar-refractivity contribution in [3.63, 3.8) is 0 Å². The van der Waals surface area contributed by atoms with Gasteiger partial charge < -0.3 is 9.88 Å². The van der Waals surface area contributed by atoms with E-state index in [4.69, 9.17) is 0 Å². The van der Waals surface area contributed by atoms with Crippen molar-refractivity contribution in [3.8, 4) is 0 Å². The van der Waals surface area contributed by atoms with Gasteiger partial charge in [-0.05, 0) is 37.6 Å². The van der Waals surface area contributed by atoms with Crippen LogP contribution in [0.1, 0.15) is 11.3 Å². The highest BCUT2D eigenvalue weighted by atomic mass is 16.1. The number of aryl methyl sites for hydroxylation is 1. The number of carbonyl (C=O) groups is 1. The van der Waals surface area contributed by atoms with Gasteiger partial charge in [-0.25, -0.2) is 0 Å². The largest absolute Gasteiger partial charge is 0.342 e. The molecule has 0 saturated heterocycles. The third-order valence-electron chi connectivity index (χ3n) is 2.88. The third-order valence-corrected chi connectivity index (χ3v) is 2.88. The maximum atomic E-state index is 11.8. The second-order valence-electron chi connectivity index (χ2n) is 4.13. The number of hydrogen-bond donors (Lipinski definition) is 1. The van der Waals surface area contributed by atoms with Crippen LogP contribution in [0.25, 0.3) is 0 Å². The van der Waals surface area contributed by atoms with Gasteiger partial charge in [-0.2, -0.15) is 0 Å². The Morgan fingerprint density at radius 3 is 2.47 bits per heavy atom. The van der Waals surface area contributed by atoms with Gasteiger partial charge in [-0.1, -0.05) is 18.2 Å². The van der Waals surface area contributed by atoms with E-state index in [-0.39, 0.29) is 5.91 Å². The second-order valence-corrected chi connectivity index (χ2v) is 4.13. The fraction of sp³-hybridized carbons (Fsp3) is 0.214. The lowest BCUT2D eigenvalue weighted by Crippen LogP contribution is -2.18. The molecule has 1 N–H and O–H groups in total. The number of para-hydroxylation sites is 1. The highest BCUT2D eigenvalue weighted by Crippen LogP contribution is 2.09. The Morgan fingerprint density at radius 1 is 1.18 bits per heavy atom. The van der Waals surface area contributed by atoms with E-state index in [0.717, 1.165) is 11.4 Å². The summed E-state index contributed by atoms with van der Waals surface area (Å²) in [6.07, 6.45) is 1.94. The average Bonchev–Trinajstić information content (AvgIpc) is 2.62. The maximum Gasteiger partial charge on any atom is 0.244 e. The van der Waals surface area contributed by atoms with Crippen LogP contribution in [0.15, 0.2) is 42.6 Å². The lowest BCUT2D eigenvalue weighted by atomic mass is 10.3. The number of carbonyl (C=O) groups excluding carboxylic acids is 1. The average molecular weight is 228 g/mol. The van der Waals surface area contributed by atoms with Crippen molar-refractivity contribution in [1.82, 2.24) is 4.57 Å². The standard InChI is InChI=1S/C14H16N2O/c1-11-8-9-16(12(11)2)10-14(17)15-13-6-4-3-5-7-13/h3-9H,10H2,1-2H3,(H,15,17). The van der Waals surface area contributed by atoms with Crippen molar-refractivity contribution in [2.75, 3.05) is 5.32 Å². The van der Waals surface area contributed by atoms with Crippen molar-refractivity contribution < 1.29 is 4.79 Å². The zero-order chi connectivity index (χ0) is 12.3. The molecule has 1 heterocycles. The first kappa shape index (κ1) is 11.5. The predicted molar refractivity (Wildman–Crippen MR) is 69.0 cm³/mol. The molecule has 0 aliphatic carbocycles. The first-order valence-electron chi connectivity index (χ1n) is 5.64. The Balaban J connectivity index is 2.01. The fourth-order valence-corrected chi connectivity index (χ4v) is 1.71. The summed E-state index contributed by atoms with van der Waals surface area (Å²) in [6, 6.07) is 11.5. The van der Waals surface area contributed by atoms with Crippen LogP contribution >= 0.6 is 0 Å². The Hall–Kier alpha value is -2.03. The van der Waals surface area contributed by atoms with Crippen LogP contribution in [0.4, 0.5) is 5.69 Å². The summed E-state index contributed by atoms with van der Waals surface area (Å²) in [4.78, 5) is 11.8. The van der Waals surface area contributed by atoms with E-state index >= 15 is 0 Å². The summed E-state index contributed by atoms with van der Waals surface area (Å²) in [7, 11) is 0. The molecule has 2 rings (SSSR count). The molecule has 0 fully saturated rings. The monoisotopic (exact) mass is 228 g/mol. The molecule has 3 nitrogen and oxygen atoms in total. The minimum absolute atomic E-state index is 0.00472. The zero-order valence-corrected chi connectivity index (χ0v) is 10.1. The molecular formula is C14H16N2O. The first-order chi connectivity index (χ1) is 8.16. The zero-order valence-electron chi connectivity index (χ0n) is 10.1. The molecule has 1 aromatic carbocycles. The Morgan fingerprint density at radius 2 is 1.88 bits per heavy atom. The molecular weight excluding hydrogens is 212 g/mol. The molecule has 1 amide bonds. The van der Waals surface area contributed by atoms with Crippen molar-refractivity contribution in [2.45, 2.75) is 20.4 Å². The number of amides is 1. The molecule has 0 unspecified atom stereocenters. The highest BCUT2D eigenvalue weighted by molar-refractivity contribution is 5.90. The van der Waals surface area contributed by atoms with Gasteiger partial charge in [0, 0.05) is 17.6 Å². The Kier molecular flexibility index (Phi) is 3.28. The van der Waals surface area contributed by atoms with E-state index < -0.39 is 0 Å². The van der Waals surface area contributed by atoms with Crippen LogP contribution in [-0.2, 0) is 11.3 Å². The summed E-state index contributed by atoms with van der Waals surface area (Å²) in [6.45, 7) is 4.42. The molecule has 0 atom stereocenters. The summed E-state index contributed by atoms with van der Waals surface area (Å²) in [5.74, 6) is -0.00472. The molecule has 3 heteroatoms. The highest BCUT2D eigenvalue weighted by Gasteiger charge is 2.06. The normalized spacial score (nSPS) is 10.2. The number of nitrogens with one attached hydrogen (secondary N) is 1. The number of nitrogens with zero attached hydrogens (tertiary/aromatic N) is 1. The lowest BCUT2D eigenvalue weighted by molar-refractivity contribution is -0.116. The van der Waals surface area contributed by atoms with E-state index in [1.165, 1.54) is 5.56 Å². The molecule has 0 bridgehead atoms. The maximum absolute atomic E-state index is 11.8. The smallest absolute Gasteiger partial charge is 0.244 e. The van der Waals surface area contributed by atoms with Crippen molar-refractivity contribution in [2.24, 2.45) is 0 Å². The van der Waals surface area contributed by atoms with Gasteiger partial charge in [0.25, 0.3) is 0 Å². The minimum atomic E-state index is -0.00472. The quantitative estimate of drug-likeness (QED) is 0.861. The topological polar surface area (TPSA) is 34.0 Å². The van der Waals surface area contributed by atoms with E-state index in [9.17, 15) is 4.79 Å². The molecule has 1 aromatic heterocycles. The van der Waals surface area contributed by atoms with Crippen LogP contribution < -0.4 is 5.32 Å². The van der Waals surface area contributed by atoms with Gasteiger partial charge >= 0.3 is 0 Å². The van der Waals surface area contributed by atoms with Crippen molar-refractivity contribution in [1.29, 1.82) is 0 Å². The van der Waals surface area contributed by atoms with Gasteiger partial charge in [-0.3, -0.25) is 4.79 Å². The van der Waals surface area contributed by atoms with E-state index in [1.807, 2.05) is 61.0 Å². The molecule has 0 aliphatic heterocycles. The van der Waals surface area contributed by atoms with Crippen LogP contribution in [0.2, 0.25) is 0 Å². The first-order valence-corrected chi connectivity index (χ1v) is 5.64. The summed E-state index contributed by atoms with van der Waals surface area (Å²) >= 11 is 0. The Bertz CT molecular complexity index is 514. The Labute approximate surface area is 101 Å². The van der Waals surface area contributed by atoms with Crippen LogP contribution in [0, 0.1) is 13.8 Å². The van der Waals surface area contributed by atoms with Crippen LogP contribution in [-0.4, -0.2) is 10.5 Å². The van der Waals surface area contributed by atoms with Gasteiger partial charge in [0.05, 0.1) is 0 Å². The SMILES string of the molecule is Cc1ccn(CC(=O)Nc2ccccc2)c1C. The molecule has 0 radical (unpaired) electrons. The van der Waals surface area contributed by atoms with Gasteiger partial charge in [0.2, 0.25) is 5.91 Å². The fourth-order valence-electron chi connectivity index (χ4n) is 1.71. The van der Waals surface area contributed by atoms with E-state index in [2.05, 4.69) is 5.32 Å². The molecule has 17 heavy (non-hydrogen) atoms. The molecule has 0 aliphatic rings. The third kappa shape index (κ3) is 2.75. The van der Waals surface area contributed by atoms with Crippen molar-refractivity contribution >= 4 is 11.6 Å². The lowest BCUT2D eigenvalue weighted by Gasteiger charge is -2.08. The number of hydrogen-bond acceptors (Lipinski definition) is 1. The number of anilines is 1. The number of benzene rings is 1. The summed E-state index contributed by atoms with van der Waals surface area (Å²) in [5, 5.41) is 2.87. The molecule has 0 spiro atoms. The van der Waals surface area contributed by atoms with Crippen molar-refractivity contribution in [3.05, 3.63) is 53.9 Å². The van der Waals surface area contributed by atoms with E-state index in [0.29, 0.717) is 6.54 Å². The minimum Gasteiger partial charge on any atom is -0.342 e. The summed E-state index contributed by atoms with van der Waals surface area (Å²) < 4.78 is 1.95. The van der Waals surface area contributed by atoms with Gasteiger partial charge in [0.1, 0.15) is 6.54 Å².